The minimum atomic E-state index is -4.76. The molecule has 154 valence electrons. The summed E-state index contributed by atoms with van der Waals surface area (Å²) in [7, 11) is 0. The smallest absolute Gasteiger partial charge is 0.406 e. The lowest BCUT2D eigenvalue weighted by atomic mass is 10.1. The van der Waals surface area contributed by atoms with Gasteiger partial charge in [0.1, 0.15) is 12.1 Å². The Kier molecular flexibility index (Phi) is 5.22. The largest absolute Gasteiger partial charge is 0.573 e. The molecule has 3 heterocycles. The van der Waals surface area contributed by atoms with Crippen LogP contribution in [0.3, 0.4) is 0 Å². The molecule has 0 saturated carbocycles. The van der Waals surface area contributed by atoms with Gasteiger partial charge < -0.3 is 9.64 Å². The van der Waals surface area contributed by atoms with Crippen LogP contribution in [0, 0.1) is 0 Å². The number of ether oxygens (including phenoxy) is 1. The summed E-state index contributed by atoms with van der Waals surface area (Å²) in [6.45, 7) is 3.64. The van der Waals surface area contributed by atoms with Crippen LogP contribution in [0.25, 0.3) is 16.9 Å². The summed E-state index contributed by atoms with van der Waals surface area (Å²) in [5.74, 6) is -0.346. The maximum absolute atomic E-state index is 12.7. The molecule has 3 aromatic rings. The number of hydrogen-bond acceptors (Lipinski definition) is 5. The average molecular weight is 409 g/mol. The van der Waals surface area contributed by atoms with Crippen LogP contribution in [0.2, 0.25) is 0 Å². The van der Waals surface area contributed by atoms with Crippen molar-refractivity contribution in [3.63, 3.8) is 0 Å². The molecule has 8 nitrogen and oxygen atoms in total. The van der Waals surface area contributed by atoms with Gasteiger partial charge in [0, 0.05) is 0 Å². The number of nitrogens with one attached hydrogen (secondary N) is 1. The Morgan fingerprint density at radius 2 is 1.83 bits per heavy atom. The molecule has 0 radical (unpaired) electrons. The maximum Gasteiger partial charge on any atom is 0.573 e. The van der Waals surface area contributed by atoms with Gasteiger partial charge in [-0.25, -0.2) is 4.98 Å². The lowest BCUT2D eigenvalue weighted by Gasteiger charge is -2.23. The molecule has 0 spiro atoms. The zero-order valence-electron chi connectivity index (χ0n) is 15.5. The number of hydrogen-bond donors (Lipinski definition) is 1. The first kappa shape index (κ1) is 19.4. The standard InChI is InChI=1S/C18H19F3N6O2/c19-18(20,21)29-14-6-4-13(5-7-14)27-16-15(23-24-27)17(28)26(12-22-16)11-10-25-8-2-1-3-9-25/h4-7,12H,1-3,8-11H2/p+1. The van der Waals surface area contributed by atoms with Gasteiger partial charge in [0.05, 0.1) is 31.9 Å². The Hall–Kier alpha value is -2.95. The molecule has 1 aliphatic heterocycles. The molecule has 0 aliphatic carbocycles. The highest BCUT2D eigenvalue weighted by atomic mass is 19.4. The number of alkyl halides is 3. The van der Waals surface area contributed by atoms with E-state index < -0.39 is 6.36 Å². The minimum absolute atomic E-state index is 0.122. The number of benzene rings is 1. The summed E-state index contributed by atoms with van der Waals surface area (Å²) in [6.07, 6.45) is 0.397. The van der Waals surface area contributed by atoms with Crippen molar-refractivity contribution in [2.24, 2.45) is 0 Å². The third-order valence-electron chi connectivity index (χ3n) is 5.01. The first-order chi connectivity index (χ1) is 13.9. The van der Waals surface area contributed by atoms with Gasteiger partial charge in [-0.1, -0.05) is 5.21 Å². The van der Waals surface area contributed by atoms with Crippen molar-refractivity contribution in [1.82, 2.24) is 24.5 Å². The molecule has 1 aromatic carbocycles. The predicted octanol–water partition coefficient (Wildman–Crippen LogP) is 0.945. The fourth-order valence-electron chi connectivity index (χ4n) is 3.55. The van der Waals surface area contributed by atoms with Crippen LogP contribution in [-0.4, -0.2) is 50.5 Å². The van der Waals surface area contributed by atoms with E-state index in [0.29, 0.717) is 12.2 Å². The van der Waals surface area contributed by atoms with E-state index in [2.05, 4.69) is 20.0 Å². The van der Waals surface area contributed by atoms with Crippen LogP contribution in [-0.2, 0) is 6.54 Å². The summed E-state index contributed by atoms with van der Waals surface area (Å²) < 4.78 is 43.6. The van der Waals surface area contributed by atoms with E-state index in [9.17, 15) is 18.0 Å². The van der Waals surface area contributed by atoms with E-state index in [1.807, 2.05) is 0 Å². The van der Waals surface area contributed by atoms with Crippen LogP contribution in [0.4, 0.5) is 13.2 Å². The van der Waals surface area contributed by atoms with Crippen molar-refractivity contribution < 1.29 is 22.8 Å². The second kappa shape index (κ2) is 7.82. The molecule has 0 unspecified atom stereocenters. The number of aromatic nitrogens is 5. The van der Waals surface area contributed by atoms with Crippen molar-refractivity contribution >= 4 is 11.2 Å². The van der Waals surface area contributed by atoms with E-state index in [1.165, 1.54) is 64.0 Å². The molecular formula is C18H20F3N6O2+. The van der Waals surface area contributed by atoms with Crippen LogP contribution >= 0.6 is 0 Å². The predicted molar refractivity (Wildman–Crippen MR) is 97.0 cm³/mol. The zero-order valence-corrected chi connectivity index (χ0v) is 15.5. The molecule has 1 N–H and O–H groups in total. The topological polar surface area (TPSA) is 79.3 Å². The van der Waals surface area contributed by atoms with E-state index >= 15 is 0 Å². The van der Waals surface area contributed by atoms with Gasteiger partial charge >= 0.3 is 6.36 Å². The lowest BCUT2D eigenvalue weighted by Crippen LogP contribution is -3.13. The SMILES string of the molecule is O=c1c2nnn(-c3ccc(OC(F)(F)F)cc3)c2ncn1CC[NH+]1CCCCC1. The number of piperidine rings is 1. The van der Waals surface area contributed by atoms with Gasteiger partial charge in [0.25, 0.3) is 5.56 Å². The van der Waals surface area contributed by atoms with Gasteiger partial charge in [-0.3, -0.25) is 9.36 Å². The van der Waals surface area contributed by atoms with Crippen LogP contribution in [0.1, 0.15) is 19.3 Å². The molecule has 0 amide bonds. The monoisotopic (exact) mass is 409 g/mol. The van der Waals surface area contributed by atoms with E-state index in [1.54, 1.807) is 0 Å². The van der Waals surface area contributed by atoms with Gasteiger partial charge in [0.15, 0.2) is 11.2 Å². The number of likely N-dealkylation sites (tertiary alicyclic amines) is 1. The molecule has 1 fully saturated rings. The normalized spacial score (nSPS) is 15.7. The molecule has 1 aliphatic rings. The molecule has 0 atom stereocenters. The summed E-state index contributed by atoms with van der Waals surface area (Å²) in [6, 6.07) is 5.11. The van der Waals surface area contributed by atoms with Gasteiger partial charge in [0.2, 0.25) is 0 Å². The van der Waals surface area contributed by atoms with Crippen molar-refractivity contribution in [2.75, 3.05) is 19.6 Å². The van der Waals surface area contributed by atoms with Gasteiger partial charge in [-0.15, -0.1) is 18.3 Å². The van der Waals surface area contributed by atoms with Crippen molar-refractivity contribution in [3.8, 4) is 11.4 Å². The number of nitrogens with zero attached hydrogens (tertiary/aromatic N) is 5. The first-order valence-corrected chi connectivity index (χ1v) is 9.41. The number of halogens is 3. The summed E-state index contributed by atoms with van der Waals surface area (Å²) in [5, 5.41) is 7.88. The van der Waals surface area contributed by atoms with Crippen LogP contribution < -0.4 is 15.2 Å². The highest BCUT2D eigenvalue weighted by molar-refractivity contribution is 5.70. The zero-order chi connectivity index (χ0) is 20.4. The van der Waals surface area contributed by atoms with Crippen molar-refractivity contribution in [1.29, 1.82) is 0 Å². The summed E-state index contributed by atoms with van der Waals surface area (Å²) in [5.41, 5.74) is 0.511. The number of fused-ring (bicyclic) bond motifs is 1. The Labute approximate surface area is 163 Å². The molecular weight excluding hydrogens is 389 g/mol. The minimum Gasteiger partial charge on any atom is -0.406 e. The van der Waals surface area contributed by atoms with E-state index in [4.69, 9.17) is 0 Å². The Balaban J connectivity index is 1.54. The number of rotatable bonds is 5. The molecule has 29 heavy (non-hydrogen) atoms. The molecule has 4 rings (SSSR count). The second-order valence-corrected chi connectivity index (χ2v) is 7.02. The first-order valence-electron chi connectivity index (χ1n) is 9.41. The van der Waals surface area contributed by atoms with Gasteiger partial charge in [-0.2, -0.15) is 4.68 Å². The third kappa shape index (κ3) is 4.39. The van der Waals surface area contributed by atoms with Crippen LogP contribution in [0.15, 0.2) is 35.4 Å². The third-order valence-corrected chi connectivity index (χ3v) is 5.01. The van der Waals surface area contributed by atoms with E-state index in [0.717, 1.165) is 19.6 Å². The Morgan fingerprint density at radius 1 is 1.10 bits per heavy atom. The highest BCUT2D eigenvalue weighted by Crippen LogP contribution is 2.24. The maximum atomic E-state index is 12.7. The lowest BCUT2D eigenvalue weighted by molar-refractivity contribution is -0.905. The Morgan fingerprint density at radius 3 is 2.52 bits per heavy atom. The molecule has 2 aromatic heterocycles. The van der Waals surface area contributed by atoms with Crippen LogP contribution in [0.5, 0.6) is 5.75 Å². The highest BCUT2D eigenvalue weighted by Gasteiger charge is 2.31. The fourth-order valence-corrected chi connectivity index (χ4v) is 3.55. The van der Waals surface area contributed by atoms with Gasteiger partial charge in [-0.05, 0) is 43.5 Å². The fraction of sp³-hybridized carbons (Fsp3) is 0.444. The molecule has 0 bridgehead atoms. The molecule has 11 heteroatoms. The second-order valence-electron chi connectivity index (χ2n) is 7.02. The number of quaternary nitrogens is 1. The van der Waals surface area contributed by atoms with Crippen molar-refractivity contribution in [2.45, 2.75) is 32.2 Å². The quantitative estimate of drug-likeness (QED) is 0.679. The van der Waals surface area contributed by atoms with E-state index in [-0.39, 0.29) is 22.5 Å². The average Bonchev–Trinajstić information content (AvgIpc) is 3.13. The molecule has 1 saturated heterocycles. The summed E-state index contributed by atoms with van der Waals surface area (Å²) in [4.78, 5) is 18.5. The summed E-state index contributed by atoms with van der Waals surface area (Å²) >= 11 is 0. The van der Waals surface area contributed by atoms with Crippen molar-refractivity contribution in [3.05, 3.63) is 40.9 Å². The Bertz CT molecular complexity index is 1040.